The van der Waals surface area contributed by atoms with Gasteiger partial charge in [-0.1, -0.05) is 4.49 Å². The van der Waals surface area contributed by atoms with Gasteiger partial charge in [-0.3, -0.25) is 4.79 Å². The highest BCUT2D eigenvalue weighted by atomic mass is 79.9. The Labute approximate surface area is 104 Å². The number of nitrogens with zero attached hydrogens (tertiary/aromatic N) is 2. The molecule has 82 valence electrons. The summed E-state index contributed by atoms with van der Waals surface area (Å²) < 4.78 is 4.36. The van der Waals surface area contributed by atoms with Gasteiger partial charge < -0.3 is 11.1 Å². The summed E-state index contributed by atoms with van der Waals surface area (Å²) in [6.45, 7) is 0. The normalized spacial score (nSPS) is 10.1. The van der Waals surface area contributed by atoms with Crippen molar-refractivity contribution in [1.29, 1.82) is 0 Å². The third-order valence-electron chi connectivity index (χ3n) is 1.84. The first kappa shape index (κ1) is 11.0. The second kappa shape index (κ2) is 4.58. The van der Waals surface area contributed by atoms with E-state index in [1.165, 1.54) is 6.20 Å². The quantitative estimate of drug-likeness (QED) is 0.832. The molecule has 1 heterocycles. The van der Waals surface area contributed by atoms with Crippen LogP contribution < -0.4 is 11.1 Å². The molecule has 0 atom stereocenters. The summed E-state index contributed by atoms with van der Waals surface area (Å²) in [5.41, 5.74) is 6.93. The number of anilines is 2. The van der Waals surface area contributed by atoms with E-state index in [2.05, 4.69) is 30.8 Å². The molecule has 0 bridgehead atoms. The minimum atomic E-state index is -0.230. The molecular formula is C9H7BrN4OS. The number of halogens is 1. The summed E-state index contributed by atoms with van der Waals surface area (Å²) in [5.74, 6) is -0.230. The van der Waals surface area contributed by atoms with E-state index in [9.17, 15) is 4.79 Å². The Balaban J connectivity index is 2.15. The summed E-state index contributed by atoms with van der Waals surface area (Å²) in [6.07, 6.45) is 1.42. The van der Waals surface area contributed by atoms with Gasteiger partial charge in [0, 0.05) is 15.8 Å². The number of nitrogens with two attached hydrogens (primary N) is 1. The van der Waals surface area contributed by atoms with Crippen molar-refractivity contribution in [1.82, 2.24) is 9.59 Å². The molecule has 0 aliphatic carbocycles. The molecule has 0 unspecified atom stereocenters. The van der Waals surface area contributed by atoms with Crippen molar-refractivity contribution in [2.45, 2.75) is 0 Å². The average molecular weight is 299 g/mol. The zero-order chi connectivity index (χ0) is 11.5. The van der Waals surface area contributed by atoms with E-state index in [1.807, 2.05) is 0 Å². The van der Waals surface area contributed by atoms with E-state index in [0.717, 1.165) is 16.0 Å². The summed E-state index contributed by atoms with van der Waals surface area (Å²) >= 11 is 4.33. The number of nitrogens with one attached hydrogen (secondary N) is 1. The second-order valence-corrected chi connectivity index (χ2v) is 4.61. The van der Waals surface area contributed by atoms with Crippen LogP contribution in [0.1, 0.15) is 9.67 Å². The number of carbonyl (C=O) groups is 1. The van der Waals surface area contributed by atoms with Crippen molar-refractivity contribution in [2.24, 2.45) is 0 Å². The van der Waals surface area contributed by atoms with E-state index >= 15 is 0 Å². The Kier molecular flexibility index (Phi) is 3.16. The highest BCUT2D eigenvalue weighted by Crippen LogP contribution is 2.23. The van der Waals surface area contributed by atoms with Crippen molar-refractivity contribution < 1.29 is 4.79 Å². The summed E-state index contributed by atoms with van der Waals surface area (Å²) in [5, 5.41) is 6.31. The second-order valence-electron chi connectivity index (χ2n) is 2.97. The van der Waals surface area contributed by atoms with Gasteiger partial charge in [-0.2, -0.15) is 0 Å². The Bertz CT molecular complexity index is 514. The van der Waals surface area contributed by atoms with Crippen molar-refractivity contribution in [3.05, 3.63) is 33.7 Å². The number of amides is 1. The molecule has 1 aromatic carbocycles. The molecule has 16 heavy (non-hydrogen) atoms. The predicted octanol–water partition coefficient (Wildman–Crippen LogP) is 2.14. The summed E-state index contributed by atoms with van der Waals surface area (Å²) in [7, 11) is 0. The molecule has 5 nitrogen and oxygen atoms in total. The number of benzene rings is 1. The minimum Gasteiger partial charge on any atom is -0.398 e. The van der Waals surface area contributed by atoms with Gasteiger partial charge in [0.2, 0.25) is 0 Å². The van der Waals surface area contributed by atoms with E-state index < -0.39 is 0 Å². The van der Waals surface area contributed by atoms with Gasteiger partial charge in [0.1, 0.15) is 4.88 Å². The molecule has 0 aliphatic heterocycles. The average Bonchev–Trinajstić information content (AvgIpc) is 2.77. The van der Waals surface area contributed by atoms with E-state index in [4.69, 9.17) is 5.73 Å². The van der Waals surface area contributed by atoms with Gasteiger partial charge in [-0.25, -0.2) is 0 Å². The zero-order valence-electron chi connectivity index (χ0n) is 7.98. The molecule has 3 N–H and O–H groups in total. The number of aromatic nitrogens is 2. The Morgan fingerprint density at radius 2 is 2.31 bits per heavy atom. The van der Waals surface area contributed by atoms with E-state index in [1.54, 1.807) is 18.2 Å². The fourth-order valence-electron chi connectivity index (χ4n) is 1.06. The molecule has 0 saturated carbocycles. The molecule has 2 rings (SSSR count). The maximum atomic E-state index is 11.6. The maximum Gasteiger partial charge on any atom is 0.269 e. The number of rotatable bonds is 2. The van der Waals surface area contributed by atoms with Crippen molar-refractivity contribution in [3.8, 4) is 0 Å². The van der Waals surface area contributed by atoms with Crippen molar-refractivity contribution in [2.75, 3.05) is 11.1 Å². The standard InChI is InChI=1S/C9H7BrN4OS/c10-6-3-5(1-2-7(6)11)13-9(15)8-4-12-14-16-8/h1-4H,11H2,(H,13,15). The molecule has 0 fully saturated rings. The largest absolute Gasteiger partial charge is 0.398 e. The maximum absolute atomic E-state index is 11.6. The first-order valence-electron chi connectivity index (χ1n) is 4.30. The number of nitrogen functional groups attached to an aromatic ring is 1. The van der Waals surface area contributed by atoms with Gasteiger partial charge in [0.15, 0.2) is 0 Å². The van der Waals surface area contributed by atoms with Crippen LogP contribution in [0.4, 0.5) is 11.4 Å². The lowest BCUT2D eigenvalue weighted by Crippen LogP contribution is -2.10. The third-order valence-corrected chi connectivity index (χ3v) is 3.19. The van der Waals surface area contributed by atoms with Crippen LogP contribution in [0.25, 0.3) is 0 Å². The molecule has 1 aromatic heterocycles. The fraction of sp³-hybridized carbons (Fsp3) is 0. The van der Waals surface area contributed by atoms with Crippen LogP contribution in [0.5, 0.6) is 0 Å². The molecule has 1 amide bonds. The van der Waals surface area contributed by atoms with Gasteiger partial charge in [0.25, 0.3) is 5.91 Å². The topological polar surface area (TPSA) is 80.9 Å². The Hall–Kier alpha value is -1.47. The molecule has 2 aromatic rings. The molecule has 0 spiro atoms. The SMILES string of the molecule is Nc1ccc(NC(=O)c2cnns2)cc1Br. The van der Waals surface area contributed by atoms with Crippen LogP contribution in [-0.4, -0.2) is 15.5 Å². The molecule has 0 radical (unpaired) electrons. The predicted molar refractivity (Wildman–Crippen MR) is 66.4 cm³/mol. The van der Waals surface area contributed by atoms with Gasteiger partial charge in [-0.05, 0) is 45.7 Å². The van der Waals surface area contributed by atoms with Gasteiger partial charge >= 0.3 is 0 Å². The fourth-order valence-corrected chi connectivity index (χ4v) is 1.85. The molecule has 0 aliphatic rings. The van der Waals surface area contributed by atoms with Gasteiger partial charge in [0.05, 0.1) is 6.20 Å². The molecular weight excluding hydrogens is 292 g/mol. The zero-order valence-corrected chi connectivity index (χ0v) is 10.4. The van der Waals surface area contributed by atoms with Crippen LogP contribution >= 0.6 is 27.5 Å². The Morgan fingerprint density at radius 3 is 2.94 bits per heavy atom. The molecule has 7 heteroatoms. The number of hydrogen-bond donors (Lipinski definition) is 2. The van der Waals surface area contributed by atoms with Crippen LogP contribution in [0.15, 0.2) is 28.9 Å². The third kappa shape index (κ3) is 2.37. The van der Waals surface area contributed by atoms with Crippen LogP contribution in [-0.2, 0) is 0 Å². The van der Waals surface area contributed by atoms with E-state index in [0.29, 0.717) is 16.3 Å². The minimum absolute atomic E-state index is 0.230. The highest BCUT2D eigenvalue weighted by Gasteiger charge is 2.09. The first-order chi connectivity index (χ1) is 7.66. The van der Waals surface area contributed by atoms with Crippen molar-refractivity contribution in [3.63, 3.8) is 0 Å². The highest BCUT2D eigenvalue weighted by molar-refractivity contribution is 9.10. The van der Waals surface area contributed by atoms with Gasteiger partial charge in [-0.15, -0.1) is 5.10 Å². The number of carbonyl (C=O) groups excluding carboxylic acids is 1. The van der Waals surface area contributed by atoms with Crippen LogP contribution in [0.3, 0.4) is 0 Å². The summed E-state index contributed by atoms with van der Waals surface area (Å²) in [6, 6.07) is 5.18. The Morgan fingerprint density at radius 1 is 1.50 bits per heavy atom. The van der Waals surface area contributed by atoms with Crippen LogP contribution in [0, 0.1) is 0 Å². The van der Waals surface area contributed by atoms with Crippen LogP contribution in [0.2, 0.25) is 0 Å². The lowest BCUT2D eigenvalue weighted by molar-refractivity contribution is 0.103. The lowest BCUT2D eigenvalue weighted by atomic mass is 10.3. The number of hydrogen-bond acceptors (Lipinski definition) is 5. The molecule has 0 saturated heterocycles. The first-order valence-corrected chi connectivity index (χ1v) is 5.87. The lowest BCUT2D eigenvalue weighted by Gasteiger charge is -2.04. The van der Waals surface area contributed by atoms with Crippen molar-refractivity contribution >= 4 is 44.7 Å². The summed E-state index contributed by atoms with van der Waals surface area (Å²) in [4.78, 5) is 12.1. The monoisotopic (exact) mass is 298 g/mol. The smallest absolute Gasteiger partial charge is 0.269 e. The van der Waals surface area contributed by atoms with E-state index in [-0.39, 0.29) is 5.91 Å².